The molecule has 0 aliphatic carbocycles. The van der Waals surface area contributed by atoms with E-state index in [-0.39, 0.29) is 32.0 Å². The van der Waals surface area contributed by atoms with Crippen molar-refractivity contribution in [3.05, 3.63) is 0 Å². The van der Waals surface area contributed by atoms with E-state index < -0.39 is 29.8 Å². The van der Waals surface area contributed by atoms with Gasteiger partial charge in [0, 0.05) is 18.6 Å². The molecule has 0 bridgehead atoms. The highest BCUT2D eigenvalue weighted by Crippen LogP contribution is 2.49. The van der Waals surface area contributed by atoms with Crippen molar-refractivity contribution < 1.29 is 30.6 Å². The van der Waals surface area contributed by atoms with Crippen molar-refractivity contribution in [1.82, 2.24) is 0 Å². The van der Waals surface area contributed by atoms with Crippen LogP contribution in [0.1, 0.15) is 59.3 Å². The lowest BCUT2D eigenvalue weighted by Crippen LogP contribution is -2.55. The fourth-order valence-electron chi connectivity index (χ4n) is 3.74. The first-order valence-corrected chi connectivity index (χ1v) is 8.61. The summed E-state index contributed by atoms with van der Waals surface area (Å²) in [5, 5.41) is 59.3. The van der Waals surface area contributed by atoms with Gasteiger partial charge in [-0.1, -0.05) is 6.92 Å². The second-order valence-electron chi connectivity index (χ2n) is 6.98. The van der Waals surface area contributed by atoms with Crippen LogP contribution in [0.3, 0.4) is 0 Å². The van der Waals surface area contributed by atoms with E-state index in [0.29, 0.717) is 25.7 Å². The molecule has 0 amide bonds. The van der Waals surface area contributed by atoms with E-state index >= 15 is 0 Å². The summed E-state index contributed by atoms with van der Waals surface area (Å²) >= 11 is 0. The minimum atomic E-state index is -1.51. The molecule has 140 valence electrons. The Morgan fingerprint density at radius 2 is 1.65 bits per heavy atom. The normalized spacial score (nSPS) is 21.3. The summed E-state index contributed by atoms with van der Waals surface area (Å²) in [4.78, 5) is 0. The third-order valence-corrected chi connectivity index (χ3v) is 5.12. The van der Waals surface area contributed by atoms with Gasteiger partial charge in [0.05, 0.1) is 24.4 Å². The minimum Gasteiger partial charge on any atom is -0.396 e. The van der Waals surface area contributed by atoms with Gasteiger partial charge in [0.15, 0.2) is 0 Å². The van der Waals surface area contributed by atoms with Crippen molar-refractivity contribution in [3.63, 3.8) is 0 Å². The minimum absolute atomic E-state index is 0.0100. The second kappa shape index (κ2) is 10.6. The molecule has 0 aromatic carbocycles. The predicted molar refractivity (Wildman–Crippen MR) is 88.9 cm³/mol. The zero-order chi connectivity index (χ0) is 18.1. The Kier molecular flexibility index (Phi) is 10.5. The van der Waals surface area contributed by atoms with Crippen molar-refractivity contribution in [2.45, 2.75) is 77.1 Å². The SMILES string of the molecule is CCC(O)CC(CCCO)C(CCO)(CC(C)O)C(C)(O)CO. The Morgan fingerprint density at radius 1 is 1.04 bits per heavy atom. The van der Waals surface area contributed by atoms with Gasteiger partial charge in [0.2, 0.25) is 0 Å². The zero-order valence-electron chi connectivity index (χ0n) is 14.8. The van der Waals surface area contributed by atoms with Gasteiger partial charge in [-0.15, -0.1) is 0 Å². The van der Waals surface area contributed by atoms with Gasteiger partial charge in [-0.05, 0) is 58.3 Å². The lowest BCUT2D eigenvalue weighted by atomic mass is 9.57. The Morgan fingerprint density at radius 3 is 2.04 bits per heavy atom. The van der Waals surface area contributed by atoms with Gasteiger partial charge in [-0.2, -0.15) is 0 Å². The maximum absolute atomic E-state index is 10.9. The first-order chi connectivity index (χ1) is 10.7. The number of aliphatic hydroxyl groups is 6. The van der Waals surface area contributed by atoms with Crippen LogP contribution in [0.25, 0.3) is 0 Å². The number of hydrogen-bond donors (Lipinski definition) is 6. The first kappa shape index (κ1) is 22.8. The highest BCUT2D eigenvalue weighted by molar-refractivity contribution is 5.01. The van der Waals surface area contributed by atoms with E-state index in [1.54, 1.807) is 6.92 Å². The maximum Gasteiger partial charge on any atom is 0.0909 e. The van der Waals surface area contributed by atoms with Crippen LogP contribution >= 0.6 is 0 Å². The molecule has 0 radical (unpaired) electrons. The fourth-order valence-corrected chi connectivity index (χ4v) is 3.74. The summed E-state index contributed by atoms with van der Waals surface area (Å²) in [7, 11) is 0. The van der Waals surface area contributed by atoms with Crippen molar-refractivity contribution in [2.75, 3.05) is 19.8 Å². The molecule has 0 aromatic rings. The molecule has 0 heterocycles. The van der Waals surface area contributed by atoms with Gasteiger partial charge in [-0.3, -0.25) is 0 Å². The van der Waals surface area contributed by atoms with Crippen LogP contribution in [0.15, 0.2) is 0 Å². The van der Waals surface area contributed by atoms with Gasteiger partial charge in [0.25, 0.3) is 0 Å². The third-order valence-electron chi connectivity index (χ3n) is 5.12. The Balaban J connectivity index is 5.82. The summed E-state index contributed by atoms with van der Waals surface area (Å²) in [5.41, 5.74) is -2.46. The Hall–Kier alpha value is -0.240. The van der Waals surface area contributed by atoms with E-state index in [0.717, 1.165) is 0 Å². The van der Waals surface area contributed by atoms with Gasteiger partial charge in [-0.25, -0.2) is 0 Å². The molecule has 5 atom stereocenters. The van der Waals surface area contributed by atoms with Crippen LogP contribution < -0.4 is 0 Å². The molecule has 6 N–H and O–H groups in total. The highest BCUT2D eigenvalue weighted by atomic mass is 16.3. The van der Waals surface area contributed by atoms with Crippen molar-refractivity contribution in [3.8, 4) is 0 Å². The molecule has 0 aromatic heterocycles. The molecular weight excluding hydrogens is 300 g/mol. The lowest BCUT2D eigenvalue weighted by molar-refractivity contribution is -0.162. The number of aliphatic hydroxyl groups excluding tert-OH is 5. The maximum atomic E-state index is 10.9. The zero-order valence-corrected chi connectivity index (χ0v) is 14.8. The van der Waals surface area contributed by atoms with Crippen molar-refractivity contribution >= 4 is 0 Å². The van der Waals surface area contributed by atoms with Gasteiger partial charge < -0.3 is 30.6 Å². The van der Waals surface area contributed by atoms with Crippen molar-refractivity contribution in [1.29, 1.82) is 0 Å². The monoisotopic (exact) mass is 336 g/mol. The molecule has 5 unspecified atom stereocenters. The predicted octanol–water partition coefficient (Wildman–Crippen LogP) is 0.419. The molecule has 23 heavy (non-hydrogen) atoms. The standard InChI is InChI=1S/C17H36O6/c1-4-15(22)10-14(6-5-8-18)17(7-9-19,11-13(2)21)16(3,23)12-20/h13-15,18-23H,4-12H2,1-3H3. The molecule has 6 nitrogen and oxygen atoms in total. The molecule has 0 rings (SSSR count). The topological polar surface area (TPSA) is 121 Å². The van der Waals surface area contributed by atoms with Crippen LogP contribution in [0, 0.1) is 11.3 Å². The van der Waals surface area contributed by atoms with Crippen LogP contribution in [0.4, 0.5) is 0 Å². The van der Waals surface area contributed by atoms with Gasteiger partial charge >= 0.3 is 0 Å². The molecule has 0 saturated heterocycles. The van der Waals surface area contributed by atoms with Crippen LogP contribution in [-0.4, -0.2) is 68.3 Å². The Bertz CT molecular complexity index is 307. The first-order valence-electron chi connectivity index (χ1n) is 8.61. The van der Waals surface area contributed by atoms with E-state index in [9.17, 15) is 30.6 Å². The smallest absolute Gasteiger partial charge is 0.0909 e. The van der Waals surface area contributed by atoms with E-state index in [1.807, 2.05) is 6.92 Å². The molecule has 0 aliphatic heterocycles. The Labute approximate surface area is 139 Å². The molecular formula is C17H36O6. The molecule has 6 heteroatoms. The summed E-state index contributed by atoms with van der Waals surface area (Å²) in [6.45, 7) is 4.27. The third kappa shape index (κ3) is 6.29. The second-order valence-corrected chi connectivity index (χ2v) is 6.98. The molecule has 0 aliphatic rings. The quantitative estimate of drug-likeness (QED) is 0.290. The van der Waals surface area contributed by atoms with Crippen LogP contribution in [0.5, 0.6) is 0 Å². The summed E-state index contributed by atoms with van der Waals surface area (Å²) in [5.74, 6) is -0.242. The number of rotatable bonds is 13. The summed E-state index contributed by atoms with van der Waals surface area (Å²) in [6, 6.07) is 0. The summed E-state index contributed by atoms with van der Waals surface area (Å²) in [6.07, 6.45) is 1.09. The molecule has 0 spiro atoms. The van der Waals surface area contributed by atoms with E-state index in [2.05, 4.69) is 0 Å². The molecule has 0 saturated carbocycles. The van der Waals surface area contributed by atoms with Crippen LogP contribution in [0.2, 0.25) is 0 Å². The van der Waals surface area contributed by atoms with Crippen LogP contribution in [-0.2, 0) is 0 Å². The summed E-state index contributed by atoms with van der Waals surface area (Å²) < 4.78 is 0. The van der Waals surface area contributed by atoms with E-state index in [1.165, 1.54) is 6.92 Å². The lowest BCUT2D eigenvalue weighted by Gasteiger charge is -2.51. The fraction of sp³-hybridized carbons (Fsp3) is 1.00. The van der Waals surface area contributed by atoms with Gasteiger partial charge in [0.1, 0.15) is 0 Å². The van der Waals surface area contributed by atoms with E-state index in [4.69, 9.17) is 0 Å². The highest BCUT2D eigenvalue weighted by Gasteiger charge is 2.51. The molecule has 0 fully saturated rings. The number of hydrogen-bond acceptors (Lipinski definition) is 6. The largest absolute Gasteiger partial charge is 0.396 e. The van der Waals surface area contributed by atoms with Crippen molar-refractivity contribution in [2.24, 2.45) is 11.3 Å². The average molecular weight is 336 g/mol. The average Bonchev–Trinajstić information content (AvgIpc) is 2.49.